The third-order valence-corrected chi connectivity index (χ3v) is 4.74. The summed E-state index contributed by atoms with van der Waals surface area (Å²) < 4.78 is 11.8. The number of aromatic nitrogens is 1. The Balaban J connectivity index is 1.97. The van der Waals surface area contributed by atoms with Gasteiger partial charge in [-0.05, 0) is 18.2 Å². The maximum Gasteiger partial charge on any atom is 0.183 e. The second-order valence-corrected chi connectivity index (χ2v) is 6.55. The van der Waals surface area contributed by atoms with Crippen molar-refractivity contribution in [1.82, 2.24) is 4.98 Å². The van der Waals surface area contributed by atoms with E-state index < -0.39 is 0 Å². The van der Waals surface area contributed by atoms with Crippen molar-refractivity contribution in [3.05, 3.63) is 72.5 Å². The molecular formula is C20H21N3O2S. The molecule has 0 radical (unpaired) electrons. The molecule has 0 fully saturated rings. The highest BCUT2D eigenvalue weighted by atomic mass is 32.1. The maximum atomic E-state index is 6.36. The lowest BCUT2D eigenvalue weighted by atomic mass is 10.1. The molecule has 0 amide bonds. The van der Waals surface area contributed by atoms with Crippen LogP contribution >= 0.6 is 11.3 Å². The zero-order chi connectivity index (χ0) is 18.4. The first kappa shape index (κ1) is 18.0. The SMILES string of the molecule is C=CO/C(=C(\N)c1ccccc1)c1ccc2nc(NCCOC)sc2c1. The first-order chi connectivity index (χ1) is 12.7. The van der Waals surface area contributed by atoms with Crippen molar-refractivity contribution in [2.24, 2.45) is 5.73 Å². The van der Waals surface area contributed by atoms with Gasteiger partial charge in [0.2, 0.25) is 0 Å². The van der Waals surface area contributed by atoms with Crippen LogP contribution in [0.15, 0.2) is 61.4 Å². The number of anilines is 1. The normalized spacial score (nSPS) is 11.9. The molecule has 134 valence electrons. The fourth-order valence-corrected chi connectivity index (χ4v) is 3.45. The van der Waals surface area contributed by atoms with E-state index in [1.54, 1.807) is 18.4 Å². The summed E-state index contributed by atoms with van der Waals surface area (Å²) in [5, 5.41) is 4.12. The van der Waals surface area contributed by atoms with Crippen molar-refractivity contribution in [3.63, 3.8) is 0 Å². The van der Waals surface area contributed by atoms with Crippen LogP contribution < -0.4 is 11.1 Å². The Morgan fingerprint density at radius 1 is 1.23 bits per heavy atom. The van der Waals surface area contributed by atoms with Gasteiger partial charge in [0, 0.05) is 24.8 Å². The second-order valence-electron chi connectivity index (χ2n) is 5.51. The number of fused-ring (bicyclic) bond motifs is 1. The summed E-state index contributed by atoms with van der Waals surface area (Å²) in [6, 6.07) is 15.7. The highest BCUT2D eigenvalue weighted by molar-refractivity contribution is 7.22. The van der Waals surface area contributed by atoms with Crippen molar-refractivity contribution in [1.29, 1.82) is 0 Å². The van der Waals surface area contributed by atoms with E-state index >= 15 is 0 Å². The van der Waals surface area contributed by atoms with Gasteiger partial charge < -0.3 is 20.5 Å². The third kappa shape index (κ3) is 4.04. The number of ether oxygens (including phenoxy) is 2. The van der Waals surface area contributed by atoms with Crippen LogP contribution in [0.4, 0.5) is 5.13 Å². The lowest BCUT2D eigenvalue weighted by Crippen LogP contribution is -2.06. The topological polar surface area (TPSA) is 69.4 Å². The van der Waals surface area contributed by atoms with Gasteiger partial charge in [0.05, 0.1) is 28.8 Å². The van der Waals surface area contributed by atoms with E-state index in [0.717, 1.165) is 33.0 Å². The Bertz CT molecular complexity index is 919. The van der Waals surface area contributed by atoms with Crippen molar-refractivity contribution in [2.75, 3.05) is 25.6 Å². The zero-order valence-corrected chi connectivity index (χ0v) is 15.4. The minimum absolute atomic E-state index is 0.563. The summed E-state index contributed by atoms with van der Waals surface area (Å²) in [7, 11) is 1.68. The number of nitrogens with two attached hydrogens (primary N) is 1. The monoisotopic (exact) mass is 367 g/mol. The highest BCUT2D eigenvalue weighted by Crippen LogP contribution is 2.31. The Labute approximate surface area is 156 Å². The van der Waals surface area contributed by atoms with Crippen LogP contribution in [-0.4, -0.2) is 25.2 Å². The summed E-state index contributed by atoms with van der Waals surface area (Å²) in [4.78, 5) is 4.58. The number of hydrogen-bond donors (Lipinski definition) is 2. The number of methoxy groups -OCH3 is 1. The maximum absolute atomic E-state index is 6.36. The summed E-state index contributed by atoms with van der Waals surface area (Å²) in [6.45, 7) is 5.02. The molecule has 0 aliphatic carbocycles. The van der Waals surface area contributed by atoms with Crippen molar-refractivity contribution >= 4 is 38.1 Å². The molecule has 0 aliphatic heterocycles. The van der Waals surface area contributed by atoms with Crippen LogP contribution in [0.3, 0.4) is 0 Å². The van der Waals surface area contributed by atoms with Crippen LogP contribution in [0.1, 0.15) is 11.1 Å². The molecule has 2 aromatic carbocycles. The molecule has 0 aliphatic rings. The lowest BCUT2D eigenvalue weighted by Gasteiger charge is -2.11. The van der Waals surface area contributed by atoms with Gasteiger partial charge in [-0.3, -0.25) is 0 Å². The van der Waals surface area contributed by atoms with Gasteiger partial charge >= 0.3 is 0 Å². The minimum atomic E-state index is 0.563. The summed E-state index contributed by atoms with van der Waals surface area (Å²) in [5.41, 5.74) is 9.62. The number of hydrogen-bond acceptors (Lipinski definition) is 6. The van der Waals surface area contributed by atoms with Gasteiger partial charge in [0.1, 0.15) is 0 Å². The number of thiazole rings is 1. The number of rotatable bonds is 8. The van der Waals surface area contributed by atoms with Gasteiger partial charge in [-0.15, -0.1) is 0 Å². The Morgan fingerprint density at radius 2 is 2.04 bits per heavy atom. The van der Waals surface area contributed by atoms with Crippen LogP contribution in [0.5, 0.6) is 0 Å². The second kappa shape index (κ2) is 8.51. The van der Waals surface area contributed by atoms with Gasteiger partial charge in [-0.2, -0.15) is 0 Å². The molecule has 0 atom stereocenters. The van der Waals surface area contributed by atoms with Crippen LogP contribution in [0.25, 0.3) is 21.7 Å². The molecule has 0 saturated heterocycles. The van der Waals surface area contributed by atoms with Gasteiger partial charge in [0.25, 0.3) is 0 Å². The molecular weight excluding hydrogens is 346 g/mol. The van der Waals surface area contributed by atoms with Crippen molar-refractivity contribution < 1.29 is 9.47 Å². The van der Waals surface area contributed by atoms with E-state index in [2.05, 4.69) is 16.9 Å². The van der Waals surface area contributed by atoms with E-state index in [1.165, 1.54) is 6.26 Å². The number of nitrogens with one attached hydrogen (secondary N) is 1. The Morgan fingerprint density at radius 3 is 2.77 bits per heavy atom. The minimum Gasteiger partial charge on any atom is -0.463 e. The van der Waals surface area contributed by atoms with E-state index in [1.807, 2.05) is 48.5 Å². The first-order valence-corrected chi connectivity index (χ1v) is 9.01. The first-order valence-electron chi connectivity index (χ1n) is 8.19. The van der Waals surface area contributed by atoms with E-state index in [-0.39, 0.29) is 0 Å². The summed E-state index contributed by atoms with van der Waals surface area (Å²) >= 11 is 1.58. The van der Waals surface area contributed by atoms with Crippen molar-refractivity contribution in [2.45, 2.75) is 0 Å². The van der Waals surface area contributed by atoms with E-state index in [4.69, 9.17) is 15.2 Å². The van der Waals surface area contributed by atoms with Gasteiger partial charge in [-0.25, -0.2) is 4.98 Å². The fourth-order valence-electron chi connectivity index (χ4n) is 2.52. The average molecular weight is 367 g/mol. The molecule has 3 N–H and O–H groups in total. The molecule has 1 heterocycles. The summed E-state index contributed by atoms with van der Waals surface area (Å²) in [5.74, 6) is 0.579. The Kier molecular flexibility index (Phi) is 5.88. The van der Waals surface area contributed by atoms with Crippen LogP contribution in [-0.2, 0) is 9.47 Å². The van der Waals surface area contributed by atoms with Crippen molar-refractivity contribution in [3.8, 4) is 0 Å². The number of benzene rings is 2. The highest BCUT2D eigenvalue weighted by Gasteiger charge is 2.12. The predicted molar refractivity (Wildman–Crippen MR) is 109 cm³/mol. The standard InChI is InChI=1S/C20H21N3O2S/c1-3-25-19(18(21)14-7-5-4-6-8-14)15-9-10-16-17(13-15)26-20(23-16)22-11-12-24-2/h3-10,13H,1,11-12,21H2,2H3,(H,22,23)/b19-18-. The molecule has 0 unspecified atom stereocenters. The fraction of sp³-hybridized carbons (Fsp3) is 0.150. The molecule has 26 heavy (non-hydrogen) atoms. The molecule has 3 rings (SSSR count). The largest absolute Gasteiger partial charge is 0.463 e. The molecule has 5 nitrogen and oxygen atoms in total. The Hall–Kier alpha value is -2.83. The predicted octanol–water partition coefficient (Wildman–Crippen LogP) is 4.30. The molecule has 3 aromatic rings. The van der Waals surface area contributed by atoms with Gasteiger partial charge in [0.15, 0.2) is 10.9 Å². The molecule has 0 saturated carbocycles. The van der Waals surface area contributed by atoms with Crippen LogP contribution in [0.2, 0.25) is 0 Å². The van der Waals surface area contributed by atoms with E-state index in [9.17, 15) is 0 Å². The van der Waals surface area contributed by atoms with Gasteiger partial charge in [-0.1, -0.05) is 48.2 Å². The molecule has 0 bridgehead atoms. The zero-order valence-electron chi connectivity index (χ0n) is 14.6. The van der Waals surface area contributed by atoms with E-state index in [0.29, 0.717) is 18.1 Å². The smallest absolute Gasteiger partial charge is 0.183 e. The molecule has 1 aromatic heterocycles. The lowest BCUT2D eigenvalue weighted by molar-refractivity contribution is 0.211. The molecule has 6 heteroatoms. The quantitative estimate of drug-likeness (QED) is 0.353. The average Bonchev–Trinajstić information content (AvgIpc) is 3.08. The molecule has 0 spiro atoms. The van der Waals surface area contributed by atoms with Crippen LogP contribution in [0, 0.1) is 0 Å². The summed E-state index contributed by atoms with van der Waals surface area (Å²) in [6.07, 6.45) is 1.39. The third-order valence-electron chi connectivity index (χ3n) is 3.76. The number of nitrogens with zero attached hydrogens (tertiary/aromatic N) is 1.